The van der Waals surface area contributed by atoms with Crippen molar-refractivity contribution >= 4 is 17.5 Å². The van der Waals surface area contributed by atoms with Crippen molar-refractivity contribution in [3.63, 3.8) is 0 Å². The van der Waals surface area contributed by atoms with Gasteiger partial charge in [-0.1, -0.05) is 24.3 Å². The van der Waals surface area contributed by atoms with Gasteiger partial charge in [-0.05, 0) is 48.0 Å². The first-order valence-electron chi connectivity index (χ1n) is 11.0. The van der Waals surface area contributed by atoms with Gasteiger partial charge in [0.1, 0.15) is 18.4 Å². The Hall–Kier alpha value is -4.86. The summed E-state index contributed by atoms with van der Waals surface area (Å²) in [5.41, 5.74) is 2.75. The van der Waals surface area contributed by atoms with Crippen LogP contribution in [0.25, 0.3) is 5.69 Å². The highest BCUT2D eigenvalue weighted by Gasteiger charge is 2.14. The van der Waals surface area contributed by atoms with E-state index in [-0.39, 0.29) is 18.4 Å². The minimum atomic E-state index is -0.363. The van der Waals surface area contributed by atoms with Gasteiger partial charge < -0.3 is 24.8 Å². The Kier molecular flexibility index (Phi) is 7.76. The molecule has 0 saturated carbocycles. The number of anilines is 1. The Morgan fingerprint density at radius 2 is 1.69 bits per heavy atom. The van der Waals surface area contributed by atoms with Crippen LogP contribution in [0.2, 0.25) is 0 Å². The second-order valence-corrected chi connectivity index (χ2v) is 7.59. The zero-order valence-corrected chi connectivity index (χ0v) is 19.8. The largest absolute Gasteiger partial charge is 0.495 e. The summed E-state index contributed by atoms with van der Waals surface area (Å²) < 4.78 is 17.9. The number of methoxy groups -OCH3 is 2. The Morgan fingerprint density at radius 3 is 2.42 bits per heavy atom. The molecule has 1 aromatic heterocycles. The van der Waals surface area contributed by atoms with Crippen molar-refractivity contribution in [2.45, 2.75) is 6.54 Å². The lowest BCUT2D eigenvalue weighted by Crippen LogP contribution is -2.23. The molecule has 0 aliphatic heterocycles. The second-order valence-electron chi connectivity index (χ2n) is 7.59. The van der Waals surface area contributed by atoms with Crippen LogP contribution in [0.1, 0.15) is 15.9 Å². The molecule has 0 bridgehead atoms. The van der Waals surface area contributed by atoms with Crippen molar-refractivity contribution in [3.05, 3.63) is 90.5 Å². The Morgan fingerprint density at radius 1 is 0.917 bits per heavy atom. The SMILES string of the molecule is COc1ccccc1NC(=O)COc1ccc(C(=O)NCc2ccc(-n3cncn3)cc2)cc1OC. The number of para-hydroxylation sites is 2. The molecule has 0 fully saturated rings. The smallest absolute Gasteiger partial charge is 0.262 e. The van der Waals surface area contributed by atoms with Gasteiger partial charge >= 0.3 is 0 Å². The maximum Gasteiger partial charge on any atom is 0.262 e. The number of carbonyl (C=O) groups is 2. The zero-order valence-electron chi connectivity index (χ0n) is 19.8. The van der Waals surface area contributed by atoms with E-state index in [4.69, 9.17) is 14.2 Å². The summed E-state index contributed by atoms with van der Waals surface area (Å²) in [5, 5.41) is 9.71. The van der Waals surface area contributed by atoms with Crippen LogP contribution < -0.4 is 24.8 Å². The fourth-order valence-electron chi connectivity index (χ4n) is 3.40. The number of rotatable bonds is 10. The molecule has 0 aliphatic carbocycles. The highest BCUT2D eigenvalue weighted by molar-refractivity contribution is 5.95. The molecule has 10 heteroatoms. The first-order chi connectivity index (χ1) is 17.6. The summed E-state index contributed by atoms with van der Waals surface area (Å²) >= 11 is 0. The third-order valence-corrected chi connectivity index (χ3v) is 5.24. The normalized spacial score (nSPS) is 10.4. The lowest BCUT2D eigenvalue weighted by molar-refractivity contribution is -0.118. The molecule has 0 aliphatic rings. The second kappa shape index (κ2) is 11.5. The number of ether oxygens (including phenoxy) is 3. The summed E-state index contributed by atoms with van der Waals surface area (Å²) in [4.78, 5) is 28.9. The van der Waals surface area contributed by atoms with Gasteiger partial charge in [0.25, 0.3) is 11.8 Å². The Labute approximate surface area is 207 Å². The molecule has 1 heterocycles. The zero-order chi connectivity index (χ0) is 25.3. The first-order valence-corrected chi connectivity index (χ1v) is 11.0. The topological polar surface area (TPSA) is 117 Å². The molecule has 10 nitrogen and oxygen atoms in total. The molecule has 0 radical (unpaired) electrons. The van der Waals surface area contributed by atoms with Crippen molar-refractivity contribution in [1.29, 1.82) is 0 Å². The van der Waals surface area contributed by atoms with Crippen LogP contribution in [0, 0.1) is 0 Å². The van der Waals surface area contributed by atoms with E-state index in [0.29, 0.717) is 35.0 Å². The number of hydrogen-bond donors (Lipinski definition) is 2. The fourth-order valence-corrected chi connectivity index (χ4v) is 3.40. The van der Waals surface area contributed by atoms with Gasteiger partial charge in [-0.25, -0.2) is 9.67 Å². The molecule has 0 unspecified atom stereocenters. The maximum atomic E-state index is 12.7. The van der Waals surface area contributed by atoms with Crippen LogP contribution in [0.15, 0.2) is 79.4 Å². The Bertz CT molecular complexity index is 1320. The van der Waals surface area contributed by atoms with Gasteiger partial charge in [0.15, 0.2) is 18.1 Å². The molecule has 0 atom stereocenters. The number of carbonyl (C=O) groups excluding carboxylic acids is 2. The molecular weight excluding hydrogens is 462 g/mol. The average molecular weight is 488 g/mol. The van der Waals surface area contributed by atoms with Gasteiger partial charge in [0, 0.05) is 12.1 Å². The summed E-state index contributed by atoms with van der Waals surface area (Å²) in [7, 11) is 3.00. The van der Waals surface area contributed by atoms with Crippen LogP contribution >= 0.6 is 0 Å². The molecule has 0 saturated heterocycles. The summed E-state index contributed by atoms with van der Waals surface area (Å²) in [6.07, 6.45) is 3.08. The van der Waals surface area contributed by atoms with Gasteiger partial charge in [-0.3, -0.25) is 9.59 Å². The predicted octanol–water partition coefficient (Wildman–Crippen LogP) is 3.23. The molecular formula is C26H25N5O5. The predicted molar refractivity (Wildman–Crippen MR) is 133 cm³/mol. The van der Waals surface area contributed by atoms with E-state index in [1.165, 1.54) is 20.5 Å². The van der Waals surface area contributed by atoms with E-state index in [1.54, 1.807) is 47.4 Å². The van der Waals surface area contributed by atoms with E-state index in [0.717, 1.165) is 11.3 Å². The van der Waals surface area contributed by atoms with Gasteiger partial charge in [-0.15, -0.1) is 0 Å². The van der Waals surface area contributed by atoms with Gasteiger partial charge in [-0.2, -0.15) is 5.10 Å². The highest BCUT2D eigenvalue weighted by atomic mass is 16.5. The van der Waals surface area contributed by atoms with E-state index < -0.39 is 0 Å². The lowest BCUT2D eigenvalue weighted by atomic mass is 10.1. The molecule has 3 aromatic carbocycles. The quantitative estimate of drug-likeness (QED) is 0.353. The van der Waals surface area contributed by atoms with E-state index in [1.807, 2.05) is 30.3 Å². The summed E-state index contributed by atoms with van der Waals surface area (Å²) in [6.45, 7) is 0.102. The first kappa shape index (κ1) is 24.3. The summed E-state index contributed by atoms with van der Waals surface area (Å²) in [5.74, 6) is 0.593. The number of hydrogen-bond acceptors (Lipinski definition) is 7. The molecule has 4 rings (SSSR count). The number of nitrogens with zero attached hydrogens (tertiary/aromatic N) is 3. The number of nitrogens with one attached hydrogen (secondary N) is 2. The maximum absolute atomic E-state index is 12.7. The lowest BCUT2D eigenvalue weighted by Gasteiger charge is -2.13. The molecule has 36 heavy (non-hydrogen) atoms. The molecule has 2 amide bonds. The minimum Gasteiger partial charge on any atom is -0.495 e. The number of aromatic nitrogens is 3. The van der Waals surface area contributed by atoms with E-state index in [9.17, 15) is 9.59 Å². The molecule has 4 aromatic rings. The minimum absolute atomic E-state index is 0.245. The van der Waals surface area contributed by atoms with Crippen LogP contribution in [0.3, 0.4) is 0 Å². The van der Waals surface area contributed by atoms with Crippen molar-refractivity contribution in [2.24, 2.45) is 0 Å². The van der Waals surface area contributed by atoms with Gasteiger partial charge in [0.05, 0.1) is 25.6 Å². The number of amides is 2. The summed E-state index contributed by atoms with van der Waals surface area (Å²) in [6, 6.07) is 19.5. The molecule has 2 N–H and O–H groups in total. The van der Waals surface area contributed by atoms with Gasteiger partial charge in [0.2, 0.25) is 0 Å². The van der Waals surface area contributed by atoms with E-state index >= 15 is 0 Å². The highest BCUT2D eigenvalue weighted by Crippen LogP contribution is 2.28. The molecule has 184 valence electrons. The van der Waals surface area contributed by atoms with Crippen molar-refractivity contribution in [2.75, 3.05) is 26.1 Å². The van der Waals surface area contributed by atoms with E-state index in [2.05, 4.69) is 20.7 Å². The molecule has 0 spiro atoms. The van der Waals surface area contributed by atoms with Crippen molar-refractivity contribution in [3.8, 4) is 22.9 Å². The Balaban J connectivity index is 1.32. The number of benzene rings is 3. The van der Waals surface area contributed by atoms with Crippen LogP contribution in [0.4, 0.5) is 5.69 Å². The third kappa shape index (κ3) is 5.98. The van der Waals surface area contributed by atoms with Crippen LogP contribution in [-0.4, -0.2) is 47.4 Å². The van der Waals surface area contributed by atoms with Crippen LogP contribution in [-0.2, 0) is 11.3 Å². The third-order valence-electron chi connectivity index (χ3n) is 5.24. The van der Waals surface area contributed by atoms with Crippen molar-refractivity contribution in [1.82, 2.24) is 20.1 Å². The van der Waals surface area contributed by atoms with Crippen LogP contribution in [0.5, 0.6) is 17.2 Å². The van der Waals surface area contributed by atoms with Crippen molar-refractivity contribution < 1.29 is 23.8 Å². The fraction of sp³-hybridized carbons (Fsp3) is 0.154. The standard InChI is InChI=1S/C26H25N5O5/c1-34-22-6-4-3-5-21(22)30-25(32)15-36-23-12-9-19(13-24(23)35-2)26(33)28-14-18-7-10-20(11-8-18)31-17-27-16-29-31/h3-13,16-17H,14-15H2,1-2H3,(H,28,33)(H,30,32). The monoisotopic (exact) mass is 487 g/mol. The average Bonchev–Trinajstić information content (AvgIpc) is 3.46.